The van der Waals surface area contributed by atoms with Crippen LogP contribution in [0.2, 0.25) is 0 Å². The summed E-state index contributed by atoms with van der Waals surface area (Å²) >= 11 is 0. The van der Waals surface area contributed by atoms with Gasteiger partial charge in [0.1, 0.15) is 5.82 Å². The van der Waals surface area contributed by atoms with E-state index in [2.05, 4.69) is 15.3 Å². The molecule has 0 saturated carbocycles. The van der Waals surface area contributed by atoms with Crippen molar-refractivity contribution in [2.24, 2.45) is 5.92 Å². The number of hydrogen-bond acceptors (Lipinski definition) is 4. The molecule has 0 radical (unpaired) electrons. The molecule has 0 spiro atoms. The Morgan fingerprint density at radius 1 is 1.38 bits per heavy atom. The van der Waals surface area contributed by atoms with Crippen molar-refractivity contribution in [2.75, 3.05) is 6.54 Å². The maximum absolute atomic E-state index is 12.0. The maximum atomic E-state index is 12.0. The number of aromatic amines is 1. The number of hydrogen-bond donors (Lipinski definition) is 3. The van der Waals surface area contributed by atoms with Crippen molar-refractivity contribution in [3.05, 3.63) is 40.4 Å². The van der Waals surface area contributed by atoms with Gasteiger partial charge in [0.05, 0.1) is 16.5 Å². The van der Waals surface area contributed by atoms with Gasteiger partial charge < -0.3 is 15.4 Å². The number of benzene rings is 1. The molecule has 0 aliphatic rings. The lowest BCUT2D eigenvalue weighted by Crippen LogP contribution is -2.44. The van der Waals surface area contributed by atoms with E-state index in [-0.39, 0.29) is 23.9 Å². The summed E-state index contributed by atoms with van der Waals surface area (Å²) < 4.78 is 0. The van der Waals surface area contributed by atoms with Crippen LogP contribution in [-0.4, -0.2) is 33.1 Å². The highest BCUT2D eigenvalue weighted by Crippen LogP contribution is 2.14. The van der Waals surface area contributed by atoms with Crippen LogP contribution in [0.1, 0.15) is 39.4 Å². The summed E-state index contributed by atoms with van der Waals surface area (Å²) in [5.74, 6) is 0.532. The van der Waals surface area contributed by atoms with Crippen molar-refractivity contribution in [2.45, 2.75) is 45.6 Å². The van der Waals surface area contributed by atoms with Crippen LogP contribution in [0.4, 0.5) is 0 Å². The quantitative estimate of drug-likeness (QED) is 0.720. The number of para-hydroxylation sites is 1. The Balaban J connectivity index is 1.86. The number of aryl methyl sites for hydroxylation is 1. The van der Waals surface area contributed by atoms with Crippen LogP contribution in [0.15, 0.2) is 29.1 Å². The first kappa shape index (κ1) is 18.1. The number of aromatic nitrogens is 2. The lowest BCUT2D eigenvalue weighted by molar-refractivity contribution is -0.122. The second-order valence-corrected chi connectivity index (χ2v) is 6.67. The molecule has 6 nitrogen and oxygen atoms in total. The van der Waals surface area contributed by atoms with Crippen LogP contribution in [0, 0.1) is 5.92 Å². The van der Waals surface area contributed by atoms with Crippen molar-refractivity contribution < 1.29 is 9.90 Å². The minimum absolute atomic E-state index is 0.0599. The lowest BCUT2D eigenvalue weighted by atomic mass is 9.92. The fraction of sp³-hybridized carbons (Fsp3) is 0.500. The molecule has 1 heterocycles. The van der Waals surface area contributed by atoms with E-state index in [9.17, 15) is 14.7 Å². The van der Waals surface area contributed by atoms with E-state index < -0.39 is 5.60 Å². The number of fused-ring (bicyclic) bond motifs is 1. The smallest absolute Gasteiger partial charge is 0.258 e. The van der Waals surface area contributed by atoms with Gasteiger partial charge in [-0.3, -0.25) is 9.59 Å². The van der Waals surface area contributed by atoms with E-state index in [0.717, 1.165) is 0 Å². The Hall–Kier alpha value is -2.21. The standard InChI is InChI=1S/C18H25N3O3/c1-12(2)18(3,24)11-19-16(22)10-6-9-15-20-14-8-5-4-7-13(14)17(23)21-15/h4-5,7-8,12,24H,6,9-11H2,1-3H3,(H,19,22)(H,20,21,23). The molecule has 3 N–H and O–H groups in total. The first-order chi connectivity index (χ1) is 11.3. The maximum Gasteiger partial charge on any atom is 0.258 e. The highest BCUT2D eigenvalue weighted by atomic mass is 16.3. The van der Waals surface area contributed by atoms with Gasteiger partial charge in [-0.05, 0) is 31.4 Å². The fourth-order valence-electron chi connectivity index (χ4n) is 2.24. The molecule has 130 valence electrons. The Labute approximate surface area is 141 Å². The topological polar surface area (TPSA) is 95.1 Å². The van der Waals surface area contributed by atoms with Gasteiger partial charge in [0.25, 0.3) is 5.56 Å². The van der Waals surface area contributed by atoms with Crippen LogP contribution in [0.25, 0.3) is 10.9 Å². The van der Waals surface area contributed by atoms with Crippen molar-refractivity contribution in [3.8, 4) is 0 Å². The Kier molecular flexibility index (Phi) is 5.72. The monoisotopic (exact) mass is 331 g/mol. The van der Waals surface area contributed by atoms with Gasteiger partial charge >= 0.3 is 0 Å². The number of carbonyl (C=O) groups excluding carboxylic acids is 1. The van der Waals surface area contributed by atoms with Crippen LogP contribution in [0.5, 0.6) is 0 Å². The number of H-pyrrole nitrogens is 1. The molecular weight excluding hydrogens is 306 g/mol. The fourth-order valence-corrected chi connectivity index (χ4v) is 2.24. The zero-order valence-corrected chi connectivity index (χ0v) is 14.4. The largest absolute Gasteiger partial charge is 0.388 e. The van der Waals surface area contributed by atoms with Crippen molar-refractivity contribution in [1.82, 2.24) is 15.3 Å². The highest BCUT2D eigenvalue weighted by molar-refractivity contribution is 5.77. The van der Waals surface area contributed by atoms with Gasteiger partial charge in [-0.15, -0.1) is 0 Å². The molecule has 1 aromatic heterocycles. The predicted octanol–water partition coefficient (Wildman–Crippen LogP) is 1.77. The molecule has 0 aliphatic carbocycles. The van der Waals surface area contributed by atoms with Gasteiger partial charge in [0, 0.05) is 19.4 Å². The minimum Gasteiger partial charge on any atom is -0.388 e. The molecule has 1 atom stereocenters. The van der Waals surface area contributed by atoms with E-state index in [4.69, 9.17) is 0 Å². The Bertz CT molecular complexity index is 765. The molecular formula is C18H25N3O3. The van der Waals surface area contributed by atoms with Crippen LogP contribution < -0.4 is 10.9 Å². The molecule has 2 rings (SSSR count). The van der Waals surface area contributed by atoms with E-state index in [1.54, 1.807) is 25.1 Å². The van der Waals surface area contributed by atoms with E-state index in [1.165, 1.54) is 0 Å². The number of rotatable bonds is 7. The number of aliphatic hydroxyl groups is 1. The van der Waals surface area contributed by atoms with Crippen molar-refractivity contribution in [3.63, 3.8) is 0 Å². The zero-order chi connectivity index (χ0) is 17.7. The minimum atomic E-state index is -0.916. The Morgan fingerprint density at radius 2 is 2.08 bits per heavy atom. The van der Waals surface area contributed by atoms with Crippen LogP contribution in [0.3, 0.4) is 0 Å². The van der Waals surface area contributed by atoms with E-state index >= 15 is 0 Å². The first-order valence-corrected chi connectivity index (χ1v) is 8.26. The summed E-state index contributed by atoms with van der Waals surface area (Å²) in [6.45, 7) is 5.76. The van der Waals surface area contributed by atoms with Gasteiger partial charge in [0.15, 0.2) is 0 Å². The molecule has 0 aliphatic heterocycles. The third-order valence-corrected chi connectivity index (χ3v) is 4.37. The second-order valence-electron chi connectivity index (χ2n) is 6.67. The summed E-state index contributed by atoms with van der Waals surface area (Å²) in [6, 6.07) is 7.18. The van der Waals surface area contributed by atoms with Gasteiger partial charge in [-0.1, -0.05) is 26.0 Å². The third-order valence-electron chi connectivity index (χ3n) is 4.37. The second kappa shape index (κ2) is 7.57. The molecule has 1 aromatic carbocycles. The van der Waals surface area contributed by atoms with E-state index in [0.29, 0.717) is 36.0 Å². The van der Waals surface area contributed by atoms with Gasteiger partial charge in [-0.2, -0.15) is 0 Å². The molecule has 0 bridgehead atoms. The number of nitrogens with zero attached hydrogens (tertiary/aromatic N) is 1. The summed E-state index contributed by atoms with van der Waals surface area (Å²) in [6.07, 6.45) is 1.43. The predicted molar refractivity (Wildman–Crippen MR) is 93.8 cm³/mol. The van der Waals surface area contributed by atoms with Crippen molar-refractivity contribution in [1.29, 1.82) is 0 Å². The SMILES string of the molecule is CC(C)C(C)(O)CNC(=O)CCCc1nc2ccccc2c(=O)[nH]1. The summed E-state index contributed by atoms with van der Waals surface area (Å²) in [4.78, 5) is 31.0. The van der Waals surface area contributed by atoms with E-state index in [1.807, 2.05) is 19.9 Å². The average molecular weight is 331 g/mol. The highest BCUT2D eigenvalue weighted by Gasteiger charge is 2.25. The molecule has 0 saturated heterocycles. The van der Waals surface area contributed by atoms with Crippen LogP contribution >= 0.6 is 0 Å². The van der Waals surface area contributed by atoms with Gasteiger partial charge in [-0.25, -0.2) is 4.98 Å². The first-order valence-electron chi connectivity index (χ1n) is 8.26. The molecule has 24 heavy (non-hydrogen) atoms. The third kappa shape index (κ3) is 4.64. The average Bonchev–Trinajstić information content (AvgIpc) is 2.53. The molecule has 1 amide bonds. The molecule has 0 fully saturated rings. The summed E-state index contributed by atoms with van der Waals surface area (Å²) in [5, 5.41) is 13.4. The summed E-state index contributed by atoms with van der Waals surface area (Å²) in [7, 11) is 0. The number of nitrogens with one attached hydrogen (secondary N) is 2. The zero-order valence-electron chi connectivity index (χ0n) is 14.4. The molecule has 2 aromatic rings. The van der Waals surface area contributed by atoms with Crippen LogP contribution in [-0.2, 0) is 11.2 Å². The summed E-state index contributed by atoms with van der Waals surface area (Å²) in [5.41, 5.74) is -0.414. The molecule has 6 heteroatoms. The van der Waals surface area contributed by atoms with Crippen molar-refractivity contribution >= 4 is 16.8 Å². The number of carbonyl (C=O) groups is 1. The lowest BCUT2D eigenvalue weighted by Gasteiger charge is -2.27. The normalized spacial score (nSPS) is 13.9. The number of amides is 1. The molecule has 1 unspecified atom stereocenters. The van der Waals surface area contributed by atoms with Gasteiger partial charge in [0.2, 0.25) is 5.91 Å². The Morgan fingerprint density at radius 3 is 2.79 bits per heavy atom.